The van der Waals surface area contributed by atoms with Crippen LogP contribution >= 0.6 is 19.0 Å². The van der Waals surface area contributed by atoms with Gasteiger partial charge in [0.25, 0.3) is 13.3 Å². The molecular formula is C24H22ClFN3O3P. The number of rotatable bonds is 6. The van der Waals surface area contributed by atoms with Gasteiger partial charge in [-0.25, -0.2) is 9.38 Å². The van der Waals surface area contributed by atoms with Crippen molar-refractivity contribution in [2.75, 3.05) is 7.11 Å². The summed E-state index contributed by atoms with van der Waals surface area (Å²) in [5.74, 6) is -2.45. The van der Waals surface area contributed by atoms with Crippen LogP contribution in [0.15, 0.2) is 81.7 Å². The summed E-state index contributed by atoms with van der Waals surface area (Å²) < 4.78 is 35.2. The van der Waals surface area contributed by atoms with E-state index in [1.807, 2.05) is 19.9 Å². The zero-order chi connectivity index (χ0) is 23.8. The first kappa shape index (κ1) is 23.3. The number of fused-ring (bicyclic) bond motifs is 1. The first-order chi connectivity index (χ1) is 15.7. The van der Waals surface area contributed by atoms with Crippen LogP contribution in [0.1, 0.15) is 16.7 Å². The highest BCUT2D eigenvalue weighted by Gasteiger charge is 2.47. The Balaban J connectivity index is 1.84. The third-order valence-electron chi connectivity index (χ3n) is 5.47. The van der Waals surface area contributed by atoms with Crippen molar-refractivity contribution < 1.29 is 18.3 Å². The van der Waals surface area contributed by atoms with E-state index in [0.29, 0.717) is 5.30 Å². The molecular weight excluding hydrogens is 464 g/mol. The maximum atomic E-state index is 15.3. The number of nitrogens with one attached hydrogen (secondary N) is 1. The second kappa shape index (κ2) is 9.18. The summed E-state index contributed by atoms with van der Waals surface area (Å²) in [4.78, 5) is 21.6. The van der Waals surface area contributed by atoms with Gasteiger partial charge in [-0.05, 0) is 55.8 Å². The number of carbonyl (C=O) groups is 1. The summed E-state index contributed by atoms with van der Waals surface area (Å²) in [6.45, 7) is 3.93. The molecule has 0 spiro atoms. The summed E-state index contributed by atoms with van der Waals surface area (Å²) in [5.41, 5.74) is 2.68. The van der Waals surface area contributed by atoms with Crippen LogP contribution in [0, 0.1) is 19.8 Å². The summed E-state index contributed by atoms with van der Waals surface area (Å²) >= 11 is 6.06. The zero-order valence-electron chi connectivity index (χ0n) is 18.3. The van der Waals surface area contributed by atoms with Crippen LogP contribution in [0.3, 0.4) is 0 Å². The van der Waals surface area contributed by atoms with Crippen molar-refractivity contribution in [2.24, 2.45) is 10.9 Å². The van der Waals surface area contributed by atoms with Gasteiger partial charge in [0.15, 0.2) is 0 Å². The van der Waals surface area contributed by atoms with Crippen LogP contribution in [-0.4, -0.2) is 23.7 Å². The highest BCUT2D eigenvalue weighted by molar-refractivity contribution is 7.71. The third kappa shape index (κ3) is 4.36. The molecule has 1 aromatic heterocycles. The van der Waals surface area contributed by atoms with Crippen LogP contribution in [-0.2, 0) is 20.4 Å². The maximum absolute atomic E-state index is 15.3. The molecule has 0 bridgehead atoms. The molecule has 0 fully saturated rings. The van der Waals surface area contributed by atoms with E-state index in [-0.39, 0.29) is 28.3 Å². The highest BCUT2D eigenvalue weighted by Crippen LogP contribution is 2.61. The van der Waals surface area contributed by atoms with Gasteiger partial charge in [-0.3, -0.25) is 14.3 Å². The monoisotopic (exact) mass is 485 g/mol. The van der Waals surface area contributed by atoms with E-state index in [4.69, 9.17) is 16.1 Å². The van der Waals surface area contributed by atoms with E-state index >= 15 is 4.39 Å². The molecule has 9 heteroatoms. The van der Waals surface area contributed by atoms with E-state index in [0.717, 1.165) is 16.7 Å². The highest BCUT2D eigenvalue weighted by atomic mass is 35.5. The standard InChI is InChI=1S/C24H22ClFN3O3P/c1-14-10-15(2)12-17(11-14)33(31,32-3)23-20-19(5-4-18(25)21(20)26)29-22(23)24(30)28-13-16-6-8-27-9-7-16/h4-12,20H,13H2,1-3H3,(H,28,30). The first-order valence-corrected chi connectivity index (χ1v) is 12.2. The van der Waals surface area contributed by atoms with Gasteiger partial charge < -0.3 is 9.84 Å². The summed E-state index contributed by atoms with van der Waals surface area (Å²) in [6.07, 6.45) is 6.13. The van der Waals surface area contributed by atoms with Crippen molar-refractivity contribution in [2.45, 2.75) is 20.4 Å². The second-order valence-electron chi connectivity index (χ2n) is 7.85. The van der Waals surface area contributed by atoms with Crippen LogP contribution in [0.4, 0.5) is 4.39 Å². The maximum Gasteiger partial charge on any atom is 0.270 e. The lowest BCUT2D eigenvalue weighted by Crippen LogP contribution is -2.26. The largest absolute Gasteiger partial charge is 0.347 e. The number of pyridine rings is 1. The number of halogens is 2. The molecule has 1 N–H and O–H groups in total. The number of aryl methyl sites for hydroxylation is 2. The van der Waals surface area contributed by atoms with E-state index in [1.165, 1.54) is 19.3 Å². The SMILES string of the molecule is COP(=O)(C1=C(C(=O)NCc2ccncc2)N=C2C=CC(Cl)=C(F)C21)c1cc(C)cc(C)c1. The van der Waals surface area contributed by atoms with Crippen molar-refractivity contribution in [3.63, 3.8) is 0 Å². The van der Waals surface area contributed by atoms with E-state index in [2.05, 4.69) is 15.3 Å². The van der Waals surface area contributed by atoms with Crippen LogP contribution < -0.4 is 10.6 Å². The van der Waals surface area contributed by atoms with Crippen molar-refractivity contribution in [1.29, 1.82) is 0 Å². The minimum atomic E-state index is -3.89. The molecule has 2 unspecified atom stereocenters. The summed E-state index contributed by atoms with van der Waals surface area (Å²) in [5, 5.41) is 3.00. The molecule has 0 radical (unpaired) electrons. The number of carbonyl (C=O) groups excluding carboxylic acids is 1. The van der Waals surface area contributed by atoms with Crippen molar-refractivity contribution >= 4 is 35.9 Å². The summed E-state index contributed by atoms with van der Waals surface area (Å²) in [6, 6.07) is 8.89. The molecule has 2 aliphatic rings. The molecule has 0 saturated heterocycles. The van der Waals surface area contributed by atoms with E-state index in [9.17, 15) is 9.36 Å². The number of aliphatic imine (C=N–C) groups is 1. The van der Waals surface area contributed by atoms with Gasteiger partial charge in [-0.1, -0.05) is 28.8 Å². The lowest BCUT2D eigenvalue weighted by molar-refractivity contribution is -0.117. The summed E-state index contributed by atoms with van der Waals surface area (Å²) in [7, 11) is -2.60. The Morgan fingerprint density at radius 2 is 1.85 bits per heavy atom. The van der Waals surface area contributed by atoms with Gasteiger partial charge in [-0.15, -0.1) is 0 Å². The lowest BCUT2D eigenvalue weighted by Gasteiger charge is -2.25. The molecule has 170 valence electrons. The number of nitrogens with zero attached hydrogens (tertiary/aromatic N) is 2. The molecule has 2 heterocycles. The quantitative estimate of drug-likeness (QED) is 0.594. The molecule has 2 aromatic rings. The van der Waals surface area contributed by atoms with Gasteiger partial charge in [0.1, 0.15) is 11.5 Å². The fraction of sp³-hybridized carbons (Fsp3) is 0.208. The number of amides is 1. The molecule has 6 nitrogen and oxygen atoms in total. The Morgan fingerprint density at radius 1 is 1.18 bits per heavy atom. The smallest absolute Gasteiger partial charge is 0.270 e. The second-order valence-corrected chi connectivity index (χ2v) is 10.7. The first-order valence-electron chi connectivity index (χ1n) is 10.2. The Hall–Kier alpha value is -2.86. The minimum Gasteiger partial charge on any atom is -0.347 e. The van der Waals surface area contributed by atoms with Crippen LogP contribution in [0.25, 0.3) is 0 Å². The molecule has 1 aromatic carbocycles. The molecule has 1 aliphatic carbocycles. The Morgan fingerprint density at radius 3 is 2.48 bits per heavy atom. The zero-order valence-corrected chi connectivity index (χ0v) is 20.0. The van der Waals surface area contributed by atoms with Crippen molar-refractivity contribution in [3.05, 3.63) is 93.4 Å². The van der Waals surface area contributed by atoms with Gasteiger partial charge in [0, 0.05) is 31.4 Å². The third-order valence-corrected chi connectivity index (χ3v) is 8.34. The molecule has 2 atom stereocenters. The van der Waals surface area contributed by atoms with Crippen LogP contribution in [0.5, 0.6) is 0 Å². The molecule has 1 aliphatic heterocycles. The average Bonchev–Trinajstić information content (AvgIpc) is 3.20. The number of hydrogen-bond acceptors (Lipinski definition) is 5. The normalized spacial score (nSPS) is 19.3. The van der Waals surface area contributed by atoms with Gasteiger partial charge in [0.05, 0.1) is 22.0 Å². The number of hydrogen-bond donors (Lipinski definition) is 1. The predicted molar refractivity (Wildman–Crippen MR) is 127 cm³/mol. The predicted octanol–water partition coefficient (Wildman–Crippen LogP) is 4.84. The average molecular weight is 486 g/mol. The van der Waals surface area contributed by atoms with Gasteiger partial charge in [0.2, 0.25) is 0 Å². The molecule has 0 saturated carbocycles. The molecule has 1 amide bonds. The fourth-order valence-corrected chi connectivity index (χ4v) is 6.61. The van der Waals surface area contributed by atoms with Crippen LogP contribution in [0.2, 0.25) is 0 Å². The molecule has 33 heavy (non-hydrogen) atoms. The fourth-order valence-electron chi connectivity index (χ4n) is 3.99. The van der Waals surface area contributed by atoms with Crippen molar-refractivity contribution in [1.82, 2.24) is 10.3 Å². The minimum absolute atomic E-state index is 0.0165. The Bertz CT molecular complexity index is 1280. The Labute approximate surface area is 196 Å². The van der Waals surface area contributed by atoms with Gasteiger partial charge in [-0.2, -0.15) is 0 Å². The Kier molecular flexibility index (Phi) is 6.48. The van der Waals surface area contributed by atoms with Gasteiger partial charge >= 0.3 is 0 Å². The topological polar surface area (TPSA) is 80.7 Å². The number of benzene rings is 1. The van der Waals surface area contributed by atoms with E-state index in [1.54, 1.807) is 36.7 Å². The lowest BCUT2D eigenvalue weighted by atomic mass is 9.97. The van der Waals surface area contributed by atoms with Crippen molar-refractivity contribution in [3.8, 4) is 0 Å². The van der Waals surface area contributed by atoms with E-state index < -0.39 is 25.0 Å². The number of aromatic nitrogens is 1. The molecule has 4 rings (SSSR count). The number of allylic oxidation sites excluding steroid dienone is 5.